The number of rotatable bonds is 1. The molecule has 0 aliphatic heterocycles. The molecule has 0 aromatic heterocycles. The average molecular weight is 175 g/mol. The summed E-state index contributed by atoms with van der Waals surface area (Å²) in [7, 11) is 0. The van der Waals surface area contributed by atoms with Crippen LogP contribution in [0.4, 0.5) is 5.69 Å². The summed E-state index contributed by atoms with van der Waals surface area (Å²) in [4.78, 5) is 4.34. The molecule has 13 heavy (non-hydrogen) atoms. The molecule has 0 saturated carbocycles. The Hall–Kier alpha value is -1.11. The zero-order valence-corrected chi connectivity index (χ0v) is 9.10. The van der Waals surface area contributed by atoms with Crippen LogP contribution in [0.5, 0.6) is 0 Å². The van der Waals surface area contributed by atoms with E-state index >= 15 is 0 Å². The lowest BCUT2D eigenvalue weighted by Crippen LogP contribution is -1.90. The highest BCUT2D eigenvalue weighted by atomic mass is 14.7. The van der Waals surface area contributed by atoms with Gasteiger partial charge in [-0.3, -0.25) is 4.99 Å². The van der Waals surface area contributed by atoms with Crippen LogP contribution in [-0.4, -0.2) is 6.21 Å². The van der Waals surface area contributed by atoms with Gasteiger partial charge in [-0.05, 0) is 62.9 Å². The number of hydrogen-bond acceptors (Lipinski definition) is 1. The molecule has 70 valence electrons. The molecule has 1 aromatic carbocycles. The maximum absolute atomic E-state index is 4.34. The molecule has 1 nitrogen and oxygen atoms in total. The van der Waals surface area contributed by atoms with Gasteiger partial charge in [-0.25, -0.2) is 0 Å². The molecule has 0 spiro atoms. The fourth-order valence-corrected chi connectivity index (χ4v) is 1.46. The lowest BCUT2D eigenvalue weighted by molar-refractivity contribution is 1.21. The minimum atomic E-state index is 1.10. The van der Waals surface area contributed by atoms with Crippen molar-refractivity contribution >= 4 is 11.9 Å². The first kappa shape index (κ1) is 9.97. The first-order valence-corrected chi connectivity index (χ1v) is 4.64. The Bertz CT molecular complexity index is 349. The summed E-state index contributed by atoms with van der Waals surface area (Å²) < 4.78 is 0. The van der Waals surface area contributed by atoms with Crippen LogP contribution in [0.3, 0.4) is 0 Å². The topological polar surface area (TPSA) is 12.4 Å². The van der Waals surface area contributed by atoms with Crippen molar-refractivity contribution in [3.63, 3.8) is 0 Å². The van der Waals surface area contributed by atoms with E-state index in [1.165, 1.54) is 22.3 Å². The highest BCUT2D eigenvalue weighted by Gasteiger charge is 2.04. The van der Waals surface area contributed by atoms with Crippen LogP contribution in [-0.2, 0) is 0 Å². The van der Waals surface area contributed by atoms with E-state index in [1.54, 1.807) is 0 Å². The van der Waals surface area contributed by atoms with Gasteiger partial charge in [-0.1, -0.05) is 0 Å². The molecule has 0 N–H and O–H groups in total. The zero-order valence-electron chi connectivity index (χ0n) is 9.10. The van der Waals surface area contributed by atoms with Crippen LogP contribution in [0.1, 0.15) is 29.2 Å². The lowest BCUT2D eigenvalue weighted by Gasteiger charge is -2.10. The van der Waals surface area contributed by atoms with E-state index in [9.17, 15) is 0 Å². The maximum atomic E-state index is 4.34. The van der Waals surface area contributed by atoms with Crippen LogP contribution in [0.15, 0.2) is 11.1 Å². The van der Waals surface area contributed by atoms with Crippen LogP contribution < -0.4 is 0 Å². The minimum absolute atomic E-state index is 1.10. The summed E-state index contributed by atoms with van der Waals surface area (Å²) >= 11 is 0. The van der Waals surface area contributed by atoms with E-state index in [0.717, 1.165) is 5.69 Å². The summed E-state index contributed by atoms with van der Waals surface area (Å²) in [6.07, 6.45) is 1.84. The van der Waals surface area contributed by atoms with Crippen molar-refractivity contribution in [1.29, 1.82) is 0 Å². The monoisotopic (exact) mass is 175 g/mol. The van der Waals surface area contributed by atoms with Gasteiger partial charge >= 0.3 is 0 Å². The molecule has 0 radical (unpaired) electrons. The Labute approximate surface area is 80.5 Å². The van der Waals surface area contributed by atoms with Gasteiger partial charge in [0.05, 0.1) is 5.69 Å². The third-order valence-electron chi connectivity index (χ3n) is 2.72. The number of nitrogens with zero attached hydrogens (tertiary/aromatic N) is 1. The van der Waals surface area contributed by atoms with E-state index in [4.69, 9.17) is 0 Å². The Balaban J connectivity index is 3.40. The van der Waals surface area contributed by atoms with Gasteiger partial charge in [0, 0.05) is 6.21 Å². The van der Waals surface area contributed by atoms with Crippen molar-refractivity contribution in [3.8, 4) is 0 Å². The fraction of sp³-hybridized carbons (Fsp3) is 0.417. The first-order valence-electron chi connectivity index (χ1n) is 4.64. The number of aryl methyl sites for hydroxylation is 1. The molecule has 0 unspecified atom stereocenters. The highest BCUT2D eigenvalue weighted by Crippen LogP contribution is 2.26. The molecule has 0 aliphatic rings. The Morgan fingerprint density at radius 2 is 1.62 bits per heavy atom. The SMILES string of the molecule is CC=Nc1cc(C)c(C)c(C)c1C. The Kier molecular flexibility index (Phi) is 2.86. The quantitative estimate of drug-likeness (QED) is 0.578. The predicted octanol–water partition coefficient (Wildman–Crippen LogP) is 3.64. The van der Waals surface area contributed by atoms with Crippen molar-refractivity contribution in [1.82, 2.24) is 0 Å². The zero-order chi connectivity index (χ0) is 10.0. The number of hydrogen-bond donors (Lipinski definition) is 0. The lowest BCUT2D eigenvalue weighted by atomic mass is 9.98. The van der Waals surface area contributed by atoms with Crippen LogP contribution in [0, 0.1) is 27.7 Å². The minimum Gasteiger partial charge on any atom is -0.261 e. The molecule has 0 aliphatic carbocycles. The average Bonchev–Trinajstić information content (AvgIpc) is 2.11. The third kappa shape index (κ3) is 1.80. The van der Waals surface area contributed by atoms with Gasteiger partial charge in [0.2, 0.25) is 0 Å². The van der Waals surface area contributed by atoms with Crippen molar-refractivity contribution in [3.05, 3.63) is 28.3 Å². The third-order valence-corrected chi connectivity index (χ3v) is 2.72. The van der Waals surface area contributed by atoms with E-state index in [1.807, 2.05) is 13.1 Å². The summed E-state index contributed by atoms with van der Waals surface area (Å²) in [5.41, 5.74) is 6.46. The molecule has 0 atom stereocenters. The number of benzene rings is 1. The van der Waals surface area contributed by atoms with Crippen molar-refractivity contribution in [2.24, 2.45) is 4.99 Å². The second kappa shape index (κ2) is 3.73. The predicted molar refractivity (Wildman–Crippen MR) is 59.2 cm³/mol. The van der Waals surface area contributed by atoms with Gasteiger partial charge in [0.25, 0.3) is 0 Å². The Morgan fingerprint density at radius 1 is 1.00 bits per heavy atom. The Morgan fingerprint density at radius 3 is 2.15 bits per heavy atom. The molecule has 0 heterocycles. The standard InChI is InChI=1S/C12H17N/c1-6-13-12-7-8(2)9(3)10(4)11(12)5/h6-7H,1-5H3. The summed E-state index contributed by atoms with van der Waals surface area (Å²) in [6, 6.07) is 2.15. The maximum Gasteiger partial charge on any atom is 0.0660 e. The van der Waals surface area contributed by atoms with Gasteiger partial charge in [-0.2, -0.15) is 0 Å². The van der Waals surface area contributed by atoms with Crippen LogP contribution >= 0.6 is 0 Å². The van der Waals surface area contributed by atoms with Gasteiger partial charge in [-0.15, -0.1) is 0 Å². The summed E-state index contributed by atoms with van der Waals surface area (Å²) in [5.74, 6) is 0. The molecule has 1 heteroatoms. The largest absolute Gasteiger partial charge is 0.261 e. The second-order valence-corrected chi connectivity index (χ2v) is 3.47. The fourth-order valence-electron chi connectivity index (χ4n) is 1.46. The second-order valence-electron chi connectivity index (χ2n) is 3.47. The van der Waals surface area contributed by atoms with Gasteiger partial charge in [0.15, 0.2) is 0 Å². The van der Waals surface area contributed by atoms with Crippen LogP contribution in [0.2, 0.25) is 0 Å². The molecule has 1 rings (SSSR count). The van der Waals surface area contributed by atoms with E-state index in [2.05, 4.69) is 38.8 Å². The van der Waals surface area contributed by atoms with E-state index in [-0.39, 0.29) is 0 Å². The molecular formula is C12H17N. The van der Waals surface area contributed by atoms with Crippen molar-refractivity contribution < 1.29 is 0 Å². The van der Waals surface area contributed by atoms with Crippen molar-refractivity contribution in [2.75, 3.05) is 0 Å². The van der Waals surface area contributed by atoms with E-state index in [0.29, 0.717) is 0 Å². The molecule has 0 amide bonds. The molecule has 0 bridgehead atoms. The molecule has 1 aromatic rings. The first-order chi connectivity index (χ1) is 6.07. The van der Waals surface area contributed by atoms with Crippen LogP contribution in [0.25, 0.3) is 0 Å². The molecule has 0 fully saturated rings. The highest BCUT2D eigenvalue weighted by molar-refractivity contribution is 5.64. The smallest absolute Gasteiger partial charge is 0.0660 e. The summed E-state index contributed by atoms with van der Waals surface area (Å²) in [6.45, 7) is 10.5. The van der Waals surface area contributed by atoms with Gasteiger partial charge in [0.1, 0.15) is 0 Å². The van der Waals surface area contributed by atoms with Gasteiger partial charge < -0.3 is 0 Å². The van der Waals surface area contributed by atoms with E-state index < -0.39 is 0 Å². The van der Waals surface area contributed by atoms with Crippen molar-refractivity contribution in [2.45, 2.75) is 34.6 Å². The number of aliphatic imine (C=N–C) groups is 1. The normalized spacial score (nSPS) is 11.2. The summed E-state index contributed by atoms with van der Waals surface area (Å²) in [5, 5.41) is 0. The molecule has 0 saturated heterocycles. The molecular weight excluding hydrogens is 158 g/mol.